The number of hydrogen-bond acceptors (Lipinski definition) is 2. The molecule has 1 N–H and O–H groups in total. The summed E-state index contributed by atoms with van der Waals surface area (Å²) in [4.78, 5) is 24.3. The number of alkyl halides is 3. The first-order valence-corrected chi connectivity index (χ1v) is 8.25. The number of hydrogen-bond donors (Lipinski definition) is 1. The molecule has 0 aliphatic carbocycles. The van der Waals surface area contributed by atoms with Crippen molar-refractivity contribution in [2.45, 2.75) is 25.1 Å². The van der Waals surface area contributed by atoms with Gasteiger partial charge in [0.15, 0.2) is 0 Å². The van der Waals surface area contributed by atoms with Gasteiger partial charge in [-0.2, -0.15) is 13.2 Å². The smallest absolute Gasteiger partial charge is 0.349 e. The van der Waals surface area contributed by atoms with Crippen molar-refractivity contribution in [3.8, 4) is 5.69 Å². The molecule has 0 atom stereocenters. The zero-order chi connectivity index (χ0) is 18.7. The molecule has 1 aliphatic heterocycles. The van der Waals surface area contributed by atoms with Crippen molar-refractivity contribution >= 4 is 11.8 Å². The third kappa shape index (κ3) is 4.07. The topological polar surface area (TPSA) is 54.3 Å². The van der Waals surface area contributed by atoms with Gasteiger partial charge >= 0.3 is 12.1 Å². The van der Waals surface area contributed by atoms with Crippen LogP contribution in [0.25, 0.3) is 5.69 Å². The predicted octanol–water partition coefficient (Wildman–Crippen LogP) is 2.76. The fraction of sp³-hybridized carbons (Fsp3) is 0.333. The van der Waals surface area contributed by atoms with Crippen LogP contribution in [0.1, 0.15) is 23.2 Å². The van der Waals surface area contributed by atoms with Gasteiger partial charge in [0, 0.05) is 42.8 Å². The third-order valence-electron chi connectivity index (χ3n) is 4.39. The van der Waals surface area contributed by atoms with Crippen LogP contribution in [-0.4, -0.2) is 46.6 Å². The first-order valence-electron chi connectivity index (χ1n) is 8.25. The molecule has 0 saturated carbocycles. The monoisotopic (exact) mass is 365 g/mol. The van der Waals surface area contributed by atoms with Crippen LogP contribution in [0.3, 0.4) is 0 Å². The second kappa shape index (κ2) is 7.23. The number of halogens is 3. The molecule has 2 amide bonds. The lowest BCUT2D eigenvalue weighted by Gasteiger charge is -2.32. The molecular formula is C18H18F3N3O2. The van der Waals surface area contributed by atoms with Gasteiger partial charge in [-0.05, 0) is 49.2 Å². The summed E-state index contributed by atoms with van der Waals surface area (Å²) in [6.45, 7) is -0.0360. The fourth-order valence-corrected chi connectivity index (χ4v) is 2.97. The molecule has 3 rings (SSSR count). The van der Waals surface area contributed by atoms with Gasteiger partial charge in [0.25, 0.3) is 5.91 Å². The molecule has 0 bridgehead atoms. The van der Waals surface area contributed by atoms with Crippen molar-refractivity contribution in [1.29, 1.82) is 0 Å². The summed E-state index contributed by atoms with van der Waals surface area (Å²) in [7, 11) is 0. The highest BCUT2D eigenvalue weighted by Gasteiger charge is 2.43. The molecule has 138 valence electrons. The second-order valence-corrected chi connectivity index (χ2v) is 6.17. The van der Waals surface area contributed by atoms with E-state index in [0.29, 0.717) is 18.4 Å². The van der Waals surface area contributed by atoms with Crippen LogP contribution < -0.4 is 5.32 Å². The molecule has 26 heavy (non-hydrogen) atoms. The van der Waals surface area contributed by atoms with Crippen LogP contribution >= 0.6 is 0 Å². The summed E-state index contributed by atoms with van der Waals surface area (Å²) in [5.74, 6) is -2.09. The molecular weight excluding hydrogens is 347 g/mol. The minimum Gasteiger partial charge on any atom is -0.349 e. The van der Waals surface area contributed by atoms with Gasteiger partial charge < -0.3 is 14.8 Å². The number of nitrogens with zero attached hydrogens (tertiary/aromatic N) is 2. The van der Waals surface area contributed by atoms with E-state index < -0.39 is 12.1 Å². The number of likely N-dealkylation sites (tertiary alicyclic amines) is 1. The number of piperidine rings is 1. The van der Waals surface area contributed by atoms with E-state index in [4.69, 9.17) is 0 Å². The molecule has 1 aromatic heterocycles. The molecule has 0 radical (unpaired) electrons. The number of rotatable bonds is 3. The van der Waals surface area contributed by atoms with Gasteiger partial charge in [-0.1, -0.05) is 0 Å². The maximum atomic E-state index is 12.4. The Hall–Kier alpha value is -2.77. The standard InChI is InChI=1S/C18H18F3N3O2/c19-18(20,21)17(26)24-11-7-14(8-12-24)22-16(25)13-3-5-15(6-4-13)23-9-1-2-10-23/h1-6,9-10,14H,7-8,11-12H2,(H,22,25). The summed E-state index contributed by atoms with van der Waals surface area (Å²) in [6, 6.07) is 10.6. The van der Waals surface area contributed by atoms with Gasteiger partial charge in [0.1, 0.15) is 0 Å². The van der Waals surface area contributed by atoms with E-state index in [-0.39, 0.29) is 25.0 Å². The lowest BCUT2D eigenvalue weighted by molar-refractivity contribution is -0.186. The summed E-state index contributed by atoms with van der Waals surface area (Å²) in [6.07, 6.45) is -0.461. The lowest BCUT2D eigenvalue weighted by atomic mass is 10.0. The number of aromatic nitrogens is 1. The Balaban J connectivity index is 1.54. The minimum absolute atomic E-state index is 0.0180. The Morgan fingerprint density at radius 2 is 1.58 bits per heavy atom. The second-order valence-electron chi connectivity index (χ2n) is 6.17. The lowest BCUT2D eigenvalue weighted by Crippen LogP contribution is -2.50. The normalized spacial score (nSPS) is 15.7. The number of carbonyl (C=O) groups excluding carboxylic acids is 2. The van der Waals surface area contributed by atoms with Crippen molar-refractivity contribution < 1.29 is 22.8 Å². The summed E-state index contributed by atoms with van der Waals surface area (Å²) in [5.41, 5.74) is 1.40. The maximum Gasteiger partial charge on any atom is 0.471 e. The minimum atomic E-state index is -4.85. The highest BCUT2D eigenvalue weighted by molar-refractivity contribution is 5.94. The molecule has 1 aliphatic rings. The van der Waals surface area contributed by atoms with Crippen molar-refractivity contribution in [1.82, 2.24) is 14.8 Å². The van der Waals surface area contributed by atoms with Crippen molar-refractivity contribution in [2.75, 3.05) is 13.1 Å². The molecule has 8 heteroatoms. The predicted molar refractivity (Wildman–Crippen MR) is 88.9 cm³/mol. The van der Waals surface area contributed by atoms with E-state index in [1.165, 1.54) is 0 Å². The molecule has 1 fully saturated rings. The van der Waals surface area contributed by atoms with Gasteiger partial charge in [0.2, 0.25) is 0 Å². The quantitative estimate of drug-likeness (QED) is 0.909. The Kier molecular flexibility index (Phi) is 5.01. The Labute approximate surface area is 148 Å². The van der Waals surface area contributed by atoms with Gasteiger partial charge in [-0.25, -0.2) is 0 Å². The van der Waals surface area contributed by atoms with E-state index in [1.54, 1.807) is 12.1 Å². The van der Waals surface area contributed by atoms with Crippen molar-refractivity contribution in [3.63, 3.8) is 0 Å². The largest absolute Gasteiger partial charge is 0.471 e. The van der Waals surface area contributed by atoms with Gasteiger partial charge in [0.05, 0.1) is 0 Å². The first kappa shape index (κ1) is 18.0. The molecule has 5 nitrogen and oxygen atoms in total. The zero-order valence-electron chi connectivity index (χ0n) is 13.9. The summed E-state index contributed by atoms with van der Waals surface area (Å²) in [5, 5.41) is 2.82. The third-order valence-corrected chi connectivity index (χ3v) is 4.39. The Morgan fingerprint density at radius 3 is 2.12 bits per heavy atom. The molecule has 2 aromatic rings. The van der Waals surface area contributed by atoms with E-state index in [9.17, 15) is 22.8 Å². The summed E-state index contributed by atoms with van der Waals surface area (Å²) < 4.78 is 39.2. The Bertz CT molecular complexity index is 762. The van der Waals surface area contributed by atoms with Crippen LogP contribution in [0, 0.1) is 0 Å². The van der Waals surface area contributed by atoms with Crippen molar-refractivity contribution in [3.05, 3.63) is 54.4 Å². The van der Waals surface area contributed by atoms with Crippen molar-refractivity contribution in [2.24, 2.45) is 0 Å². The van der Waals surface area contributed by atoms with E-state index in [0.717, 1.165) is 10.6 Å². The first-order chi connectivity index (χ1) is 12.3. The maximum absolute atomic E-state index is 12.4. The van der Waals surface area contributed by atoms with Gasteiger partial charge in [-0.15, -0.1) is 0 Å². The number of carbonyl (C=O) groups is 2. The molecule has 1 saturated heterocycles. The van der Waals surface area contributed by atoms with Crippen LogP contribution in [0.15, 0.2) is 48.8 Å². The Morgan fingerprint density at radius 1 is 1.00 bits per heavy atom. The average molecular weight is 365 g/mol. The molecule has 1 aromatic carbocycles. The van der Waals surface area contributed by atoms with Crippen LogP contribution in [0.2, 0.25) is 0 Å². The van der Waals surface area contributed by atoms with Crippen LogP contribution in [0.5, 0.6) is 0 Å². The highest BCUT2D eigenvalue weighted by atomic mass is 19.4. The van der Waals surface area contributed by atoms with E-state index in [1.807, 2.05) is 41.2 Å². The van der Waals surface area contributed by atoms with Crippen LogP contribution in [-0.2, 0) is 4.79 Å². The number of benzene rings is 1. The summed E-state index contributed by atoms with van der Waals surface area (Å²) >= 11 is 0. The zero-order valence-corrected chi connectivity index (χ0v) is 13.9. The van der Waals surface area contributed by atoms with Crippen LogP contribution in [0.4, 0.5) is 13.2 Å². The van der Waals surface area contributed by atoms with Gasteiger partial charge in [-0.3, -0.25) is 9.59 Å². The number of nitrogens with one attached hydrogen (secondary N) is 1. The molecule has 0 unspecified atom stereocenters. The molecule has 0 spiro atoms. The fourth-order valence-electron chi connectivity index (χ4n) is 2.97. The average Bonchev–Trinajstić information content (AvgIpc) is 3.16. The van der Waals surface area contributed by atoms with E-state index in [2.05, 4.69) is 5.32 Å². The highest BCUT2D eigenvalue weighted by Crippen LogP contribution is 2.21. The number of amides is 2. The van der Waals surface area contributed by atoms with E-state index >= 15 is 0 Å². The SMILES string of the molecule is O=C(NC1CCN(C(=O)C(F)(F)F)CC1)c1ccc(-n2cccc2)cc1. The molecule has 2 heterocycles.